The Labute approximate surface area is 145 Å². The predicted octanol–water partition coefficient (Wildman–Crippen LogP) is 3.32. The highest BCUT2D eigenvalue weighted by Gasteiger charge is 2.19. The van der Waals surface area contributed by atoms with Crippen LogP contribution in [0.25, 0.3) is 0 Å². The van der Waals surface area contributed by atoms with E-state index in [1.54, 1.807) is 0 Å². The van der Waals surface area contributed by atoms with Gasteiger partial charge in [-0.2, -0.15) is 0 Å². The van der Waals surface area contributed by atoms with Crippen molar-refractivity contribution in [2.75, 3.05) is 18.9 Å². The van der Waals surface area contributed by atoms with E-state index in [-0.39, 0.29) is 23.8 Å². The van der Waals surface area contributed by atoms with Gasteiger partial charge < -0.3 is 15.3 Å². The Morgan fingerprint density at radius 2 is 1.92 bits per heavy atom. The van der Waals surface area contributed by atoms with Gasteiger partial charge in [0.1, 0.15) is 5.75 Å². The third-order valence-electron chi connectivity index (χ3n) is 3.59. The SMILES string of the molecule is CCc1ccccc1NC(=O)CN(C)C(=O)c1cc(Cl)ccc1O. The number of benzene rings is 2. The summed E-state index contributed by atoms with van der Waals surface area (Å²) in [7, 11) is 1.49. The van der Waals surface area contributed by atoms with Crippen LogP contribution in [-0.4, -0.2) is 35.4 Å². The van der Waals surface area contributed by atoms with Crippen molar-refractivity contribution < 1.29 is 14.7 Å². The fraction of sp³-hybridized carbons (Fsp3) is 0.222. The summed E-state index contributed by atoms with van der Waals surface area (Å²) < 4.78 is 0. The normalized spacial score (nSPS) is 10.3. The van der Waals surface area contributed by atoms with Crippen molar-refractivity contribution >= 4 is 29.1 Å². The number of phenols is 1. The van der Waals surface area contributed by atoms with Crippen LogP contribution in [0.4, 0.5) is 5.69 Å². The zero-order chi connectivity index (χ0) is 17.7. The first-order valence-electron chi connectivity index (χ1n) is 7.54. The summed E-state index contributed by atoms with van der Waals surface area (Å²) in [4.78, 5) is 25.8. The van der Waals surface area contributed by atoms with Gasteiger partial charge in [0.15, 0.2) is 0 Å². The van der Waals surface area contributed by atoms with Gasteiger partial charge >= 0.3 is 0 Å². The molecule has 0 fully saturated rings. The molecule has 0 aliphatic heterocycles. The van der Waals surface area contributed by atoms with Gasteiger partial charge in [0.2, 0.25) is 5.91 Å². The second kappa shape index (κ2) is 7.84. The van der Waals surface area contributed by atoms with Crippen LogP contribution in [0.5, 0.6) is 5.75 Å². The zero-order valence-electron chi connectivity index (χ0n) is 13.5. The molecule has 0 unspecified atom stereocenters. The van der Waals surface area contributed by atoms with E-state index < -0.39 is 5.91 Å². The smallest absolute Gasteiger partial charge is 0.257 e. The molecule has 2 rings (SSSR count). The second-order valence-electron chi connectivity index (χ2n) is 5.38. The molecule has 2 N–H and O–H groups in total. The molecule has 0 atom stereocenters. The van der Waals surface area contributed by atoms with Crippen LogP contribution in [0.2, 0.25) is 5.02 Å². The maximum Gasteiger partial charge on any atom is 0.257 e. The summed E-state index contributed by atoms with van der Waals surface area (Å²) in [5.74, 6) is -0.963. The third-order valence-corrected chi connectivity index (χ3v) is 3.82. The molecule has 0 heterocycles. The van der Waals surface area contributed by atoms with Gasteiger partial charge in [-0.3, -0.25) is 9.59 Å². The lowest BCUT2D eigenvalue weighted by molar-refractivity contribution is -0.116. The summed E-state index contributed by atoms with van der Waals surface area (Å²) in [6.07, 6.45) is 0.793. The highest BCUT2D eigenvalue weighted by molar-refractivity contribution is 6.31. The average Bonchev–Trinajstić information content (AvgIpc) is 2.56. The van der Waals surface area contributed by atoms with Gasteiger partial charge in [0.25, 0.3) is 5.91 Å². The maximum atomic E-state index is 12.4. The molecule has 0 aliphatic carbocycles. The molecule has 126 valence electrons. The Bertz CT molecular complexity index is 762. The Morgan fingerprint density at radius 1 is 1.21 bits per heavy atom. The highest BCUT2D eigenvalue weighted by atomic mass is 35.5. The summed E-state index contributed by atoms with van der Waals surface area (Å²) in [6, 6.07) is 11.7. The highest BCUT2D eigenvalue weighted by Crippen LogP contribution is 2.22. The van der Waals surface area contributed by atoms with Crippen molar-refractivity contribution in [1.82, 2.24) is 4.90 Å². The fourth-order valence-electron chi connectivity index (χ4n) is 2.31. The number of phenolic OH excluding ortho intramolecular Hbond substituents is 1. The zero-order valence-corrected chi connectivity index (χ0v) is 14.3. The van der Waals surface area contributed by atoms with E-state index in [4.69, 9.17) is 11.6 Å². The maximum absolute atomic E-state index is 12.4. The Hall–Kier alpha value is -2.53. The minimum Gasteiger partial charge on any atom is -0.507 e. The van der Waals surface area contributed by atoms with Crippen LogP contribution in [0.15, 0.2) is 42.5 Å². The van der Waals surface area contributed by atoms with Gasteiger partial charge in [-0.25, -0.2) is 0 Å². The van der Waals surface area contributed by atoms with Crippen LogP contribution in [0.1, 0.15) is 22.8 Å². The van der Waals surface area contributed by atoms with E-state index in [1.807, 2.05) is 31.2 Å². The van der Waals surface area contributed by atoms with Gasteiger partial charge in [-0.15, -0.1) is 0 Å². The van der Waals surface area contributed by atoms with Gasteiger partial charge in [-0.1, -0.05) is 36.7 Å². The largest absolute Gasteiger partial charge is 0.507 e. The minimum absolute atomic E-state index is 0.0618. The molecule has 2 aromatic carbocycles. The molecule has 0 radical (unpaired) electrons. The monoisotopic (exact) mass is 346 g/mol. The first-order valence-corrected chi connectivity index (χ1v) is 7.92. The first-order chi connectivity index (χ1) is 11.4. The Balaban J connectivity index is 2.06. The molecule has 0 aromatic heterocycles. The third kappa shape index (κ3) is 4.26. The molecular formula is C18H19ClN2O3. The van der Waals surface area contributed by atoms with Gasteiger partial charge in [-0.05, 0) is 36.2 Å². The number of likely N-dealkylation sites (N-methyl/N-ethyl adjacent to an activating group) is 1. The lowest BCUT2D eigenvalue weighted by atomic mass is 10.1. The molecule has 24 heavy (non-hydrogen) atoms. The minimum atomic E-state index is -0.478. The van der Waals surface area contributed by atoms with Crippen molar-refractivity contribution in [2.45, 2.75) is 13.3 Å². The van der Waals surface area contributed by atoms with Crippen molar-refractivity contribution in [1.29, 1.82) is 0 Å². The number of para-hydroxylation sites is 1. The lowest BCUT2D eigenvalue weighted by Gasteiger charge is -2.18. The molecule has 0 spiro atoms. The molecule has 0 saturated heterocycles. The average molecular weight is 347 g/mol. The van der Waals surface area contributed by atoms with E-state index in [1.165, 1.54) is 30.1 Å². The van der Waals surface area contributed by atoms with Crippen molar-refractivity contribution in [3.05, 3.63) is 58.6 Å². The van der Waals surface area contributed by atoms with E-state index >= 15 is 0 Å². The number of hydrogen-bond acceptors (Lipinski definition) is 3. The second-order valence-corrected chi connectivity index (χ2v) is 5.82. The van der Waals surface area contributed by atoms with Crippen LogP contribution in [0, 0.1) is 0 Å². The van der Waals surface area contributed by atoms with Crippen molar-refractivity contribution in [2.24, 2.45) is 0 Å². The summed E-state index contributed by atoms with van der Waals surface area (Å²) in [5, 5.41) is 12.9. The quantitative estimate of drug-likeness (QED) is 0.872. The van der Waals surface area contributed by atoms with Gasteiger partial charge in [0, 0.05) is 17.8 Å². The Kier molecular flexibility index (Phi) is 5.82. The number of rotatable bonds is 5. The molecular weight excluding hydrogens is 328 g/mol. The van der Waals surface area contributed by atoms with E-state index in [0.717, 1.165) is 17.7 Å². The van der Waals surface area contributed by atoms with Crippen LogP contribution in [-0.2, 0) is 11.2 Å². The molecule has 2 amide bonds. The van der Waals surface area contributed by atoms with Crippen LogP contribution >= 0.6 is 11.6 Å². The topological polar surface area (TPSA) is 69.6 Å². The number of anilines is 1. The van der Waals surface area contributed by atoms with Gasteiger partial charge in [0.05, 0.1) is 12.1 Å². The standard InChI is InChI=1S/C18H19ClN2O3/c1-3-12-6-4-5-7-15(12)20-17(23)11-21(2)18(24)14-10-13(19)8-9-16(14)22/h4-10,22H,3,11H2,1-2H3,(H,20,23). The predicted molar refractivity (Wildman–Crippen MR) is 94.5 cm³/mol. The molecule has 0 aliphatic rings. The number of carbonyl (C=O) groups is 2. The molecule has 0 bridgehead atoms. The number of aromatic hydroxyl groups is 1. The number of hydrogen-bond donors (Lipinski definition) is 2. The number of carbonyl (C=O) groups excluding carboxylic acids is 2. The molecule has 6 heteroatoms. The van der Waals surface area contributed by atoms with Crippen LogP contribution in [0.3, 0.4) is 0 Å². The summed E-state index contributed by atoms with van der Waals surface area (Å²) in [6.45, 7) is 1.87. The Morgan fingerprint density at radius 3 is 2.62 bits per heavy atom. The van der Waals surface area contributed by atoms with Crippen molar-refractivity contribution in [3.8, 4) is 5.75 Å². The lowest BCUT2D eigenvalue weighted by Crippen LogP contribution is -2.35. The fourth-order valence-corrected chi connectivity index (χ4v) is 2.48. The summed E-state index contributed by atoms with van der Waals surface area (Å²) >= 11 is 5.85. The van der Waals surface area contributed by atoms with E-state index in [9.17, 15) is 14.7 Å². The number of nitrogens with one attached hydrogen (secondary N) is 1. The number of aryl methyl sites for hydroxylation is 1. The number of amides is 2. The number of nitrogens with zero attached hydrogens (tertiary/aromatic N) is 1. The molecule has 0 saturated carbocycles. The van der Waals surface area contributed by atoms with E-state index in [0.29, 0.717) is 5.02 Å². The van der Waals surface area contributed by atoms with Crippen LogP contribution < -0.4 is 5.32 Å². The summed E-state index contributed by atoms with van der Waals surface area (Å²) in [5.41, 5.74) is 1.82. The molecule has 2 aromatic rings. The number of halogens is 1. The molecule has 5 nitrogen and oxygen atoms in total. The van der Waals surface area contributed by atoms with E-state index in [2.05, 4.69) is 5.32 Å². The van der Waals surface area contributed by atoms with Crippen molar-refractivity contribution in [3.63, 3.8) is 0 Å². The first kappa shape index (κ1) is 17.8.